The SMILES string of the molecule is CCCCCCCCCC(=O)N(C)CCCBr. The van der Waals surface area contributed by atoms with Crippen LogP contribution in [0.1, 0.15) is 64.7 Å². The van der Waals surface area contributed by atoms with Gasteiger partial charge in [-0.3, -0.25) is 4.79 Å². The smallest absolute Gasteiger partial charge is 0.222 e. The van der Waals surface area contributed by atoms with Gasteiger partial charge in [-0.1, -0.05) is 61.4 Å². The Labute approximate surface area is 115 Å². The zero-order chi connectivity index (χ0) is 12.9. The van der Waals surface area contributed by atoms with Crippen LogP contribution in [0.15, 0.2) is 0 Å². The molecule has 0 bridgehead atoms. The van der Waals surface area contributed by atoms with Crippen molar-refractivity contribution in [1.82, 2.24) is 4.90 Å². The van der Waals surface area contributed by atoms with Crippen molar-refractivity contribution < 1.29 is 4.79 Å². The Bertz CT molecular complexity index is 185. The molecule has 0 rings (SSSR count). The zero-order valence-electron chi connectivity index (χ0n) is 11.5. The van der Waals surface area contributed by atoms with Gasteiger partial charge >= 0.3 is 0 Å². The summed E-state index contributed by atoms with van der Waals surface area (Å²) in [5.74, 6) is 0.305. The van der Waals surface area contributed by atoms with Gasteiger partial charge in [-0.2, -0.15) is 0 Å². The monoisotopic (exact) mass is 305 g/mol. The maximum absolute atomic E-state index is 11.7. The lowest BCUT2D eigenvalue weighted by atomic mass is 10.1. The molecule has 2 nitrogen and oxygen atoms in total. The number of hydrogen-bond acceptors (Lipinski definition) is 1. The number of halogens is 1. The molecule has 0 saturated carbocycles. The third kappa shape index (κ3) is 10.8. The van der Waals surface area contributed by atoms with Crippen LogP contribution in [0.3, 0.4) is 0 Å². The number of unbranched alkanes of at least 4 members (excludes halogenated alkanes) is 6. The predicted octanol–water partition coefficient (Wildman–Crippen LogP) is 4.37. The molecule has 0 aromatic heterocycles. The number of nitrogens with zero attached hydrogens (tertiary/aromatic N) is 1. The van der Waals surface area contributed by atoms with Gasteiger partial charge in [0.2, 0.25) is 5.91 Å². The average Bonchev–Trinajstić information content (AvgIpc) is 2.34. The molecule has 0 aliphatic carbocycles. The second-order valence-electron chi connectivity index (χ2n) is 4.73. The first-order chi connectivity index (χ1) is 8.22. The van der Waals surface area contributed by atoms with E-state index in [9.17, 15) is 4.79 Å². The third-order valence-corrected chi connectivity index (χ3v) is 3.61. The van der Waals surface area contributed by atoms with E-state index < -0.39 is 0 Å². The minimum atomic E-state index is 0.305. The fraction of sp³-hybridized carbons (Fsp3) is 0.929. The fourth-order valence-corrected chi connectivity index (χ4v) is 2.10. The van der Waals surface area contributed by atoms with E-state index in [1.54, 1.807) is 0 Å². The van der Waals surface area contributed by atoms with Crippen LogP contribution in [0.25, 0.3) is 0 Å². The topological polar surface area (TPSA) is 20.3 Å². The van der Waals surface area contributed by atoms with E-state index in [1.165, 1.54) is 38.5 Å². The van der Waals surface area contributed by atoms with Crippen molar-refractivity contribution in [2.24, 2.45) is 0 Å². The summed E-state index contributed by atoms with van der Waals surface area (Å²) >= 11 is 3.38. The highest BCUT2D eigenvalue weighted by molar-refractivity contribution is 9.09. The minimum absolute atomic E-state index is 0.305. The lowest BCUT2D eigenvalue weighted by Gasteiger charge is -2.16. The molecular formula is C14H28BrNO. The van der Waals surface area contributed by atoms with Crippen molar-refractivity contribution in [3.05, 3.63) is 0 Å². The molecule has 0 spiro atoms. The quantitative estimate of drug-likeness (QED) is 0.410. The molecule has 17 heavy (non-hydrogen) atoms. The molecule has 0 atom stereocenters. The third-order valence-electron chi connectivity index (χ3n) is 3.05. The Morgan fingerprint density at radius 1 is 1.00 bits per heavy atom. The van der Waals surface area contributed by atoms with Gasteiger partial charge in [-0.05, 0) is 12.8 Å². The summed E-state index contributed by atoms with van der Waals surface area (Å²) < 4.78 is 0. The van der Waals surface area contributed by atoms with Crippen LogP contribution in [-0.2, 0) is 4.79 Å². The van der Waals surface area contributed by atoms with Gasteiger partial charge in [0.15, 0.2) is 0 Å². The van der Waals surface area contributed by atoms with Gasteiger partial charge in [-0.15, -0.1) is 0 Å². The van der Waals surface area contributed by atoms with Crippen molar-refractivity contribution >= 4 is 21.8 Å². The molecular weight excluding hydrogens is 278 g/mol. The van der Waals surface area contributed by atoms with E-state index >= 15 is 0 Å². The molecule has 102 valence electrons. The fourth-order valence-electron chi connectivity index (χ4n) is 1.85. The van der Waals surface area contributed by atoms with Crippen molar-refractivity contribution in [3.8, 4) is 0 Å². The van der Waals surface area contributed by atoms with Crippen LogP contribution >= 0.6 is 15.9 Å². The highest BCUT2D eigenvalue weighted by Crippen LogP contribution is 2.09. The predicted molar refractivity (Wildman–Crippen MR) is 78.7 cm³/mol. The molecule has 0 unspecified atom stereocenters. The molecule has 0 saturated heterocycles. The molecule has 0 aliphatic rings. The second kappa shape index (κ2) is 12.4. The molecule has 1 amide bonds. The molecule has 0 radical (unpaired) electrons. The maximum Gasteiger partial charge on any atom is 0.222 e. The Morgan fingerprint density at radius 2 is 1.59 bits per heavy atom. The van der Waals surface area contributed by atoms with E-state index in [0.29, 0.717) is 5.91 Å². The summed E-state index contributed by atoms with van der Waals surface area (Å²) in [6, 6.07) is 0. The van der Waals surface area contributed by atoms with Crippen molar-refractivity contribution in [3.63, 3.8) is 0 Å². The summed E-state index contributed by atoms with van der Waals surface area (Å²) in [5, 5.41) is 0.974. The molecule has 3 heteroatoms. The Kier molecular flexibility index (Phi) is 12.4. The number of carbonyl (C=O) groups is 1. The van der Waals surface area contributed by atoms with E-state index in [1.807, 2.05) is 11.9 Å². The van der Waals surface area contributed by atoms with E-state index in [4.69, 9.17) is 0 Å². The highest BCUT2D eigenvalue weighted by Gasteiger charge is 2.06. The Balaban J connectivity index is 3.32. The maximum atomic E-state index is 11.7. The zero-order valence-corrected chi connectivity index (χ0v) is 13.1. The molecule has 0 N–H and O–H groups in total. The normalized spacial score (nSPS) is 10.5. The Hall–Kier alpha value is -0.0500. The first kappa shape index (κ1) is 16.9. The summed E-state index contributed by atoms with van der Waals surface area (Å²) in [6.07, 6.45) is 10.7. The second-order valence-corrected chi connectivity index (χ2v) is 5.52. The van der Waals surface area contributed by atoms with E-state index in [2.05, 4.69) is 22.9 Å². The van der Waals surface area contributed by atoms with Crippen LogP contribution in [0, 0.1) is 0 Å². The highest BCUT2D eigenvalue weighted by atomic mass is 79.9. The van der Waals surface area contributed by atoms with Gasteiger partial charge in [0, 0.05) is 25.3 Å². The van der Waals surface area contributed by atoms with Crippen molar-refractivity contribution in [1.29, 1.82) is 0 Å². The van der Waals surface area contributed by atoms with Gasteiger partial charge in [0.1, 0.15) is 0 Å². The van der Waals surface area contributed by atoms with Crippen LogP contribution in [0.5, 0.6) is 0 Å². The number of carbonyl (C=O) groups excluding carboxylic acids is 1. The first-order valence-electron chi connectivity index (χ1n) is 7.02. The summed E-state index contributed by atoms with van der Waals surface area (Å²) in [4.78, 5) is 13.6. The van der Waals surface area contributed by atoms with Crippen molar-refractivity contribution in [2.75, 3.05) is 18.9 Å². The number of rotatable bonds is 11. The lowest BCUT2D eigenvalue weighted by Crippen LogP contribution is -2.27. The Morgan fingerprint density at radius 3 is 2.18 bits per heavy atom. The average molecular weight is 306 g/mol. The molecule has 0 fully saturated rings. The summed E-state index contributed by atoms with van der Waals surface area (Å²) in [5.41, 5.74) is 0. The van der Waals surface area contributed by atoms with Crippen molar-refractivity contribution in [2.45, 2.75) is 64.7 Å². The lowest BCUT2D eigenvalue weighted by molar-refractivity contribution is -0.130. The van der Waals surface area contributed by atoms with Crippen LogP contribution in [-0.4, -0.2) is 29.7 Å². The van der Waals surface area contributed by atoms with Gasteiger partial charge in [-0.25, -0.2) is 0 Å². The van der Waals surface area contributed by atoms with Gasteiger partial charge in [0.25, 0.3) is 0 Å². The minimum Gasteiger partial charge on any atom is -0.346 e. The largest absolute Gasteiger partial charge is 0.346 e. The number of hydrogen-bond donors (Lipinski definition) is 0. The van der Waals surface area contributed by atoms with Crippen LogP contribution in [0.2, 0.25) is 0 Å². The molecule has 0 aromatic carbocycles. The van der Waals surface area contributed by atoms with E-state index in [-0.39, 0.29) is 0 Å². The molecule has 0 heterocycles. The standard InChI is InChI=1S/C14H28BrNO/c1-3-4-5-6-7-8-9-11-14(17)16(2)13-10-12-15/h3-13H2,1-2H3. The summed E-state index contributed by atoms with van der Waals surface area (Å²) in [7, 11) is 1.91. The number of amides is 1. The van der Waals surface area contributed by atoms with Gasteiger partial charge in [0.05, 0.1) is 0 Å². The van der Waals surface area contributed by atoms with E-state index in [0.717, 1.165) is 31.1 Å². The molecule has 0 aliphatic heterocycles. The first-order valence-corrected chi connectivity index (χ1v) is 8.14. The number of alkyl halides is 1. The molecule has 0 aromatic rings. The van der Waals surface area contributed by atoms with Gasteiger partial charge < -0.3 is 4.90 Å². The van der Waals surface area contributed by atoms with Crippen LogP contribution in [0.4, 0.5) is 0 Å². The van der Waals surface area contributed by atoms with Crippen LogP contribution < -0.4 is 0 Å². The summed E-state index contributed by atoms with van der Waals surface area (Å²) in [6.45, 7) is 3.11.